The van der Waals surface area contributed by atoms with Crippen LogP contribution in [-0.2, 0) is 0 Å². The van der Waals surface area contributed by atoms with Gasteiger partial charge in [-0.3, -0.25) is 4.57 Å². The molecule has 0 saturated carbocycles. The minimum Gasteiger partial charge on any atom is -0.456 e. The van der Waals surface area contributed by atoms with Crippen LogP contribution in [0, 0.1) is 0 Å². The molecule has 13 aromatic rings. The van der Waals surface area contributed by atoms with Crippen LogP contribution in [0.4, 0.5) is 0 Å². The highest BCUT2D eigenvalue weighted by Crippen LogP contribution is 2.45. The Balaban J connectivity index is 1.17. The van der Waals surface area contributed by atoms with Gasteiger partial charge in [0.05, 0.1) is 15.7 Å². The SMILES string of the molecule is c1ccc(-c2cc(-c3nc(-c4cccc5oc6ccccc6c45)nc(-n4c5ccccc5c5ccc6c7ccccc7sc6c54)n3)cc3sc4ccccc4c23)cc1. The minimum absolute atomic E-state index is 0.568. The van der Waals surface area contributed by atoms with Crippen molar-refractivity contribution in [2.75, 3.05) is 0 Å². The summed E-state index contributed by atoms with van der Waals surface area (Å²) in [6.45, 7) is 0. The predicted molar refractivity (Wildman–Crippen MR) is 244 cm³/mol. The summed E-state index contributed by atoms with van der Waals surface area (Å²) in [7, 11) is 0. The molecule has 5 heterocycles. The number of hydrogen-bond donors (Lipinski definition) is 0. The first-order chi connectivity index (χ1) is 28.7. The third kappa shape index (κ3) is 4.60. The van der Waals surface area contributed by atoms with Crippen LogP contribution in [0.15, 0.2) is 174 Å². The number of aromatic nitrogens is 4. The number of hydrogen-bond acceptors (Lipinski definition) is 6. The van der Waals surface area contributed by atoms with E-state index in [1.165, 1.54) is 45.7 Å². The van der Waals surface area contributed by atoms with Gasteiger partial charge < -0.3 is 4.42 Å². The lowest BCUT2D eigenvalue weighted by Gasteiger charge is -2.13. The molecule has 5 nitrogen and oxygen atoms in total. The van der Waals surface area contributed by atoms with Gasteiger partial charge in [-0.2, -0.15) is 9.97 Å². The van der Waals surface area contributed by atoms with Gasteiger partial charge in [0.1, 0.15) is 11.2 Å². The molecule has 0 atom stereocenters. The second-order valence-electron chi connectivity index (χ2n) is 14.7. The van der Waals surface area contributed by atoms with Crippen LogP contribution in [0.3, 0.4) is 0 Å². The van der Waals surface area contributed by atoms with Crippen molar-refractivity contribution in [2.45, 2.75) is 0 Å². The molecule has 270 valence electrons. The second-order valence-corrected chi connectivity index (χ2v) is 16.8. The van der Waals surface area contributed by atoms with E-state index in [2.05, 4.69) is 150 Å². The molecule has 0 fully saturated rings. The molecular weight excluding hydrogens is 749 g/mol. The van der Waals surface area contributed by atoms with Crippen molar-refractivity contribution in [2.24, 2.45) is 0 Å². The largest absolute Gasteiger partial charge is 0.456 e. The summed E-state index contributed by atoms with van der Waals surface area (Å²) in [5.74, 6) is 1.76. The first kappa shape index (κ1) is 32.0. The monoisotopic (exact) mass is 776 g/mol. The van der Waals surface area contributed by atoms with Crippen LogP contribution in [0.1, 0.15) is 0 Å². The molecule has 8 aromatic carbocycles. The molecule has 58 heavy (non-hydrogen) atoms. The Morgan fingerprint density at radius 1 is 0.414 bits per heavy atom. The first-order valence-corrected chi connectivity index (χ1v) is 20.9. The third-order valence-electron chi connectivity index (χ3n) is 11.5. The fourth-order valence-corrected chi connectivity index (χ4v) is 11.4. The molecule has 7 heteroatoms. The Labute approximate surface area is 338 Å². The molecule has 0 aliphatic rings. The smallest absolute Gasteiger partial charge is 0.238 e. The van der Waals surface area contributed by atoms with Gasteiger partial charge >= 0.3 is 0 Å². The van der Waals surface area contributed by atoms with Crippen LogP contribution >= 0.6 is 22.7 Å². The van der Waals surface area contributed by atoms with Crippen molar-refractivity contribution in [1.82, 2.24) is 19.5 Å². The van der Waals surface area contributed by atoms with Gasteiger partial charge in [0.15, 0.2) is 11.6 Å². The second kappa shape index (κ2) is 12.2. The number of benzene rings is 8. The number of fused-ring (bicyclic) bond motifs is 13. The topological polar surface area (TPSA) is 56.7 Å². The van der Waals surface area contributed by atoms with Gasteiger partial charge in [0.25, 0.3) is 0 Å². The van der Waals surface area contributed by atoms with Crippen molar-refractivity contribution in [1.29, 1.82) is 0 Å². The zero-order valence-electron chi connectivity index (χ0n) is 30.7. The van der Waals surface area contributed by atoms with Crippen LogP contribution in [-0.4, -0.2) is 19.5 Å². The van der Waals surface area contributed by atoms with Crippen molar-refractivity contribution in [3.8, 4) is 39.9 Å². The average molecular weight is 777 g/mol. The minimum atomic E-state index is 0.568. The molecule has 13 rings (SSSR count). The molecule has 0 aliphatic heterocycles. The third-order valence-corrected chi connectivity index (χ3v) is 13.8. The van der Waals surface area contributed by atoms with Crippen molar-refractivity contribution in [3.63, 3.8) is 0 Å². The lowest BCUT2D eigenvalue weighted by Crippen LogP contribution is -2.06. The van der Waals surface area contributed by atoms with E-state index >= 15 is 0 Å². The van der Waals surface area contributed by atoms with Crippen LogP contribution in [0.5, 0.6) is 0 Å². The molecule has 0 spiro atoms. The highest BCUT2D eigenvalue weighted by atomic mass is 32.1. The number of furan rings is 1. The summed E-state index contributed by atoms with van der Waals surface area (Å²) in [5.41, 5.74) is 7.90. The van der Waals surface area contributed by atoms with E-state index in [-0.39, 0.29) is 0 Å². The number of rotatable bonds is 4. The highest BCUT2D eigenvalue weighted by Gasteiger charge is 2.23. The van der Waals surface area contributed by atoms with Gasteiger partial charge in [0, 0.05) is 68.3 Å². The van der Waals surface area contributed by atoms with Gasteiger partial charge in [-0.1, -0.05) is 127 Å². The predicted octanol–water partition coefficient (Wildman–Crippen LogP) is 14.6. The van der Waals surface area contributed by atoms with E-state index in [4.69, 9.17) is 19.4 Å². The lowest BCUT2D eigenvalue weighted by atomic mass is 9.97. The summed E-state index contributed by atoms with van der Waals surface area (Å²) in [4.78, 5) is 16.3. The Morgan fingerprint density at radius 3 is 1.98 bits per heavy atom. The van der Waals surface area contributed by atoms with E-state index in [1.54, 1.807) is 11.3 Å². The van der Waals surface area contributed by atoms with E-state index in [9.17, 15) is 0 Å². The summed E-state index contributed by atoms with van der Waals surface area (Å²) < 4.78 is 13.6. The van der Waals surface area contributed by atoms with Gasteiger partial charge in [-0.15, -0.1) is 22.7 Å². The number of thiophene rings is 2. The van der Waals surface area contributed by atoms with Gasteiger partial charge in [-0.05, 0) is 53.6 Å². The van der Waals surface area contributed by atoms with Gasteiger partial charge in [0.2, 0.25) is 5.95 Å². The van der Waals surface area contributed by atoms with E-state index in [0.717, 1.165) is 60.6 Å². The molecule has 0 aliphatic carbocycles. The average Bonchev–Trinajstić information content (AvgIpc) is 4.05. The van der Waals surface area contributed by atoms with Crippen molar-refractivity contribution >= 4 is 107 Å². The Hall–Kier alpha value is -7.19. The molecule has 0 N–H and O–H groups in total. The molecule has 0 saturated heterocycles. The van der Waals surface area contributed by atoms with Crippen LogP contribution in [0.2, 0.25) is 0 Å². The summed E-state index contributed by atoms with van der Waals surface area (Å²) in [6.07, 6.45) is 0. The summed E-state index contributed by atoms with van der Waals surface area (Å²) in [6, 6.07) is 60.0. The molecule has 0 radical (unpaired) electrons. The number of para-hydroxylation sites is 2. The standard InChI is InChI=1S/C51H28N4OS2/c1-2-13-29(14-3-1)38-27-30(28-44-46(38)36-18-7-11-24-43(36)57-44)49-52-50(37-19-12-22-41-45(37)35-17-5-9-21-40(35)56-41)54-51(53-49)55-39-20-8-4-15-31(39)33-25-26-34-32-16-6-10-23-42(32)58-48(34)47(33)55/h1-28H. The van der Waals surface area contributed by atoms with Crippen molar-refractivity contribution < 1.29 is 4.42 Å². The fourth-order valence-electron chi connectivity index (χ4n) is 8.94. The molecule has 0 amide bonds. The van der Waals surface area contributed by atoms with E-state index < -0.39 is 0 Å². The van der Waals surface area contributed by atoms with Gasteiger partial charge in [-0.25, -0.2) is 4.98 Å². The quantitative estimate of drug-likeness (QED) is 0.179. The van der Waals surface area contributed by atoms with Crippen LogP contribution in [0.25, 0.3) is 124 Å². The lowest BCUT2D eigenvalue weighted by molar-refractivity contribution is 0.669. The zero-order valence-corrected chi connectivity index (χ0v) is 32.3. The first-order valence-electron chi connectivity index (χ1n) is 19.3. The molecular formula is C51H28N4OS2. The van der Waals surface area contributed by atoms with E-state index in [1.807, 2.05) is 35.6 Å². The molecule has 5 aromatic heterocycles. The number of nitrogens with zero attached hydrogens (tertiary/aromatic N) is 4. The molecule has 0 bridgehead atoms. The van der Waals surface area contributed by atoms with Crippen molar-refractivity contribution in [3.05, 3.63) is 170 Å². The van der Waals surface area contributed by atoms with Crippen LogP contribution < -0.4 is 0 Å². The summed E-state index contributed by atoms with van der Waals surface area (Å²) >= 11 is 3.63. The molecule has 0 unspecified atom stereocenters. The zero-order chi connectivity index (χ0) is 37.9. The maximum absolute atomic E-state index is 6.39. The Kier molecular flexibility index (Phi) is 6.70. The normalized spacial score (nSPS) is 12.1. The fraction of sp³-hybridized carbons (Fsp3) is 0. The summed E-state index contributed by atoms with van der Waals surface area (Å²) in [5, 5.41) is 9.31. The maximum atomic E-state index is 6.39. The Morgan fingerprint density at radius 2 is 1.10 bits per heavy atom. The highest BCUT2D eigenvalue weighted by molar-refractivity contribution is 7.26. The Bertz CT molecular complexity index is 3820. The maximum Gasteiger partial charge on any atom is 0.238 e. The van der Waals surface area contributed by atoms with E-state index in [0.29, 0.717) is 17.6 Å².